The Balaban J connectivity index is 3.78. The number of likely N-dealkylation sites (N-methyl/N-ethyl adjacent to an activating group) is 1. The quantitative estimate of drug-likeness (QED) is 0.555. The van der Waals surface area contributed by atoms with Crippen LogP contribution in [0.1, 0.15) is 20.3 Å². The lowest BCUT2D eigenvalue weighted by molar-refractivity contribution is -0.120. The highest BCUT2D eigenvalue weighted by Gasteiger charge is 2.14. The fourth-order valence-electron chi connectivity index (χ4n) is 1.69. The summed E-state index contributed by atoms with van der Waals surface area (Å²) >= 11 is 0. The van der Waals surface area contributed by atoms with Gasteiger partial charge in [-0.3, -0.25) is 4.79 Å². The van der Waals surface area contributed by atoms with Gasteiger partial charge in [0.05, 0.1) is 13.2 Å². The molecule has 0 aromatic heterocycles. The monoisotopic (exact) mass is 259 g/mol. The van der Waals surface area contributed by atoms with Gasteiger partial charge < -0.3 is 20.3 Å². The van der Waals surface area contributed by atoms with Crippen LogP contribution in [0, 0.1) is 5.92 Å². The van der Waals surface area contributed by atoms with E-state index >= 15 is 0 Å². The molecule has 0 rings (SSSR count). The van der Waals surface area contributed by atoms with Crippen molar-refractivity contribution >= 4 is 5.91 Å². The van der Waals surface area contributed by atoms with Crippen LogP contribution in [0.2, 0.25) is 0 Å². The van der Waals surface area contributed by atoms with E-state index in [4.69, 9.17) is 4.74 Å². The Morgan fingerprint density at radius 3 is 2.50 bits per heavy atom. The van der Waals surface area contributed by atoms with E-state index < -0.39 is 0 Å². The van der Waals surface area contributed by atoms with Crippen molar-refractivity contribution < 1.29 is 9.53 Å². The van der Waals surface area contributed by atoms with Gasteiger partial charge in [0, 0.05) is 26.2 Å². The van der Waals surface area contributed by atoms with Gasteiger partial charge in [0.25, 0.3) is 0 Å². The molecule has 2 N–H and O–H groups in total. The van der Waals surface area contributed by atoms with Gasteiger partial charge in [-0.05, 0) is 26.4 Å². The summed E-state index contributed by atoms with van der Waals surface area (Å²) in [4.78, 5) is 13.8. The summed E-state index contributed by atoms with van der Waals surface area (Å²) < 4.78 is 4.90. The van der Waals surface area contributed by atoms with Crippen LogP contribution >= 0.6 is 0 Å². The second-order valence-electron chi connectivity index (χ2n) is 5.22. The molecular weight excluding hydrogens is 230 g/mol. The van der Waals surface area contributed by atoms with Crippen LogP contribution in [0.25, 0.3) is 0 Å². The number of carbonyl (C=O) groups is 1. The average molecular weight is 259 g/mol. The molecular formula is C13H29N3O2. The van der Waals surface area contributed by atoms with Crippen LogP contribution in [0.15, 0.2) is 0 Å². The lowest BCUT2D eigenvalue weighted by atomic mass is 10.0. The largest absolute Gasteiger partial charge is 0.383 e. The molecule has 0 bridgehead atoms. The SMILES string of the molecule is COCCNCC(=O)NCC(CC(C)C)N(C)C. The average Bonchev–Trinajstić information content (AvgIpc) is 2.29. The van der Waals surface area contributed by atoms with E-state index in [9.17, 15) is 4.79 Å². The van der Waals surface area contributed by atoms with Crippen molar-refractivity contribution in [3.63, 3.8) is 0 Å². The molecule has 0 radical (unpaired) electrons. The summed E-state index contributed by atoms with van der Waals surface area (Å²) in [5.41, 5.74) is 0. The van der Waals surface area contributed by atoms with Crippen LogP contribution in [0.3, 0.4) is 0 Å². The molecule has 0 spiro atoms. The summed E-state index contributed by atoms with van der Waals surface area (Å²) in [7, 11) is 5.75. The summed E-state index contributed by atoms with van der Waals surface area (Å²) in [6.45, 7) is 6.78. The van der Waals surface area contributed by atoms with E-state index in [1.165, 1.54) is 0 Å². The first-order chi connectivity index (χ1) is 8.47. The number of carbonyl (C=O) groups excluding carboxylic acids is 1. The molecule has 0 aromatic carbocycles. The van der Waals surface area contributed by atoms with Crippen molar-refractivity contribution in [2.75, 3.05) is 47.4 Å². The van der Waals surface area contributed by atoms with Gasteiger partial charge in [-0.1, -0.05) is 13.8 Å². The van der Waals surface area contributed by atoms with Gasteiger partial charge in [-0.2, -0.15) is 0 Å². The third-order valence-corrected chi connectivity index (χ3v) is 2.78. The van der Waals surface area contributed by atoms with E-state index in [-0.39, 0.29) is 5.91 Å². The van der Waals surface area contributed by atoms with E-state index in [1.807, 2.05) is 0 Å². The van der Waals surface area contributed by atoms with Crippen LogP contribution in [0.4, 0.5) is 0 Å². The number of nitrogens with one attached hydrogen (secondary N) is 2. The Morgan fingerprint density at radius 2 is 2.00 bits per heavy atom. The van der Waals surface area contributed by atoms with Gasteiger partial charge in [-0.25, -0.2) is 0 Å². The Bertz CT molecular complexity index is 220. The van der Waals surface area contributed by atoms with Crippen molar-refractivity contribution in [3.05, 3.63) is 0 Å². The molecule has 0 aliphatic rings. The van der Waals surface area contributed by atoms with Gasteiger partial charge in [0.2, 0.25) is 5.91 Å². The van der Waals surface area contributed by atoms with E-state index in [2.05, 4.69) is 43.5 Å². The van der Waals surface area contributed by atoms with Gasteiger partial charge in [0.1, 0.15) is 0 Å². The van der Waals surface area contributed by atoms with Crippen LogP contribution < -0.4 is 10.6 Å². The first kappa shape index (κ1) is 17.4. The highest BCUT2D eigenvalue weighted by Crippen LogP contribution is 2.07. The molecule has 5 heteroatoms. The normalized spacial score (nSPS) is 13.1. The lowest BCUT2D eigenvalue weighted by Gasteiger charge is -2.26. The third kappa shape index (κ3) is 9.39. The zero-order valence-electron chi connectivity index (χ0n) is 12.5. The van der Waals surface area contributed by atoms with E-state index in [1.54, 1.807) is 7.11 Å². The summed E-state index contributed by atoms with van der Waals surface area (Å²) in [6, 6.07) is 0.396. The smallest absolute Gasteiger partial charge is 0.234 e. The molecule has 108 valence electrons. The molecule has 0 heterocycles. The molecule has 0 aliphatic carbocycles. The molecule has 0 aliphatic heterocycles. The molecule has 0 saturated carbocycles. The minimum Gasteiger partial charge on any atom is -0.383 e. The molecule has 5 nitrogen and oxygen atoms in total. The van der Waals surface area contributed by atoms with Crippen molar-refractivity contribution in [2.24, 2.45) is 5.92 Å². The van der Waals surface area contributed by atoms with Gasteiger partial charge in [0.15, 0.2) is 0 Å². The maximum Gasteiger partial charge on any atom is 0.234 e. The maximum atomic E-state index is 11.6. The number of nitrogens with zero attached hydrogens (tertiary/aromatic N) is 1. The first-order valence-corrected chi connectivity index (χ1v) is 6.60. The Morgan fingerprint density at radius 1 is 1.33 bits per heavy atom. The van der Waals surface area contributed by atoms with Crippen molar-refractivity contribution in [3.8, 4) is 0 Å². The van der Waals surface area contributed by atoms with Crippen LogP contribution in [-0.2, 0) is 9.53 Å². The van der Waals surface area contributed by atoms with E-state index in [0.717, 1.165) is 6.42 Å². The standard InChI is InChI=1S/C13H29N3O2/c1-11(2)8-12(16(3)4)9-15-13(17)10-14-6-7-18-5/h11-12,14H,6-10H2,1-5H3,(H,15,17). The second-order valence-corrected chi connectivity index (χ2v) is 5.22. The molecule has 0 saturated heterocycles. The highest BCUT2D eigenvalue weighted by molar-refractivity contribution is 5.77. The molecule has 18 heavy (non-hydrogen) atoms. The second kappa shape index (κ2) is 10.3. The summed E-state index contributed by atoms with van der Waals surface area (Å²) in [6.07, 6.45) is 1.09. The summed E-state index contributed by atoms with van der Waals surface area (Å²) in [5, 5.41) is 5.99. The maximum absolute atomic E-state index is 11.6. The number of methoxy groups -OCH3 is 1. The van der Waals surface area contributed by atoms with Crippen LogP contribution in [0.5, 0.6) is 0 Å². The van der Waals surface area contributed by atoms with Gasteiger partial charge >= 0.3 is 0 Å². The van der Waals surface area contributed by atoms with Crippen molar-refractivity contribution in [1.82, 2.24) is 15.5 Å². The predicted molar refractivity (Wildman–Crippen MR) is 74.7 cm³/mol. The molecule has 1 atom stereocenters. The fourth-order valence-corrected chi connectivity index (χ4v) is 1.69. The summed E-state index contributed by atoms with van der Waals surface area (Å²) in [5.74, 6) is 0.677. The Hall–Kier alpha value is -0.650. The number of hydrogen-bond acceptors (Lipinski definition) is 4. The van der Waals surface area contributed by atoms with Crippen LogP contribution in [-0.4, -0.2) is 64.3 Å². The third-order valence-electron chi connectivity index (χ3n) is 2.78. The Kier molecular flexibility index (Phi) is 9.92. The zero-order valence-corrected chi connectivity index (χ0v) is 12.5. The first-order valence-electron chi connectivity index (χ1n) is 6.60. The molecule has 1 unspecified atom stereocenters. The van der Waals surface area contributed by atoms with Crippen molar-refractivity contribution in [1.29, 1.82) is 0 Å². The highest BCUT2D eigenvalue weighted by atomic mass is 16.5. The molecule has 0 aromatic rings. The topological polar surface area (TPSA) is 53.6 Å². The Labute approximate surface area is 111 Å². The zero-order chi connectivity index (χ0) is 14.0. The molecule has 0 fully saturated rings. The fraction of sp³-hybridized carbons (Fsp3) is 0.923. The van der Waals surface area contributed by atoms with E-state index in [0.29, 0.717) is 38.2 Å². The predicted octanol–water partition coefficient (Wildman–Crippen LogP) is 0.315. The number of amides is 1. The lowest BCUT2D eigenvalue weighted by Crippen LogP contribution is -2.43. The van der Waals surface area contributed by atoms with Crippen molar-refractivity contribution in [2.45, 2.75) is 26.3 Å². The number of rotatable bonds is 10. The minimum atomic E-state index is 0.0432. The molecule has 1 amide bonds. The number of hydrogen-bond donors (Lipinski definition) is 2. The minimum absolute atomic E-state index is 0.0432. The number of ether oxygens (including phenoxy) is 1. The van der Waals surface area contributed by atoms with Gasteiger partial charge in [-0.15, -0.1) is 0 Å².